The molecule has 2 N–H and O–H groups in total. The maximum absolute atomic E-state index is 5.90. The largest absolute Gasteiger partial charge is 0.497 e. The van der Waals surface area contributed by atoms with Crippen LogP contribution in [0.25, 0.3) is 0 Å². The van der Waals surface area contributed by atoms with E-state index in [0.717, 1.165) is 62.6 Å². The summed E-state index contributed by atoms with van der Waals surface area (Å²) in [7, 11) is 3.42. The van der Waals surface area contributed by atoms with Crippen molar-refractivity contribution in [2.24, 2.45) is 0 Å². The lowest BCUT2D eigenvalue weighted by Crippen LogP contribution is -2.84. The number of hydrogen-bond donors (Lipinski definition) is 1. The van der Waals surface area contributed by atoms with Crippen LogP contribution in [0.4, 0.5) is 0 Å². The summed E-state index contributed by atoms with van der Waals surface area (Å²) in [5, 5.41) is 2.34. The standard InChI is InChI=1S/C18H29NO3/c1-4-8-16-15-17(21-3)9-10-18(16)22-14-6-5-11-19-12-7-13-20-2/h4,9-10,15,19H,1,5-8,11-14H2,2-3H3/p+1. The summed E-state index contributed by atoms with van der Waals surface area (Å²) in [6, 6.07) is 5.93. The van der Waals surface area contributed by atoms with Crippen molar-refractivity contribution >= 4 is 0 Å². The molecule has 0 atom stereocenters. The van der Waals surface area contributed by atoms with E-state index < -0.39 is 0 Å². The highest BCUT2D eigenvalue weighted by Crippen LogP contribution is 2.25. The van der Waals surface area contributed by atoms with Gasteiger partial charge >= 0.3 is 0 Å². The quantitative estimate of drug-likeness (QED) is 0.449. The highest BCUT2D eigenvalue weighted by Gasteiger charge is 2.04. The van der Waals surface area contributed by atoms with Gasteiger partial charge in [-0.25, -0.2) is 0 Å². The minimum Gasteiger partial charge on any atom is -0.497 e. The van der Waals surface area contributed by atoms with Gasteiger partial charge in [0.05, 0.1) is 33.4 Å². The number of nitrogens with two attached hydrogens (primary N) is 1. The van der Waals surface area contributed by atoms with E-state index >= 15 is 0 Å². The Morgan fingerprint density at radius 2 is 1.91 bits per heavy atom. The molecule has 0 saturated heterocycles. The highest BCUT2D eigenvalue weighted by molar-refractivity contribution is 5.41. The molecule has 0 aliphatic rings. The Bertz CT molecular complexity index is 421. The molecule has 1 rings (SSSR count). The highest BCUT2D eigenvalue weighted by atomic mass is 16.5. The number of methoxy groups -OCH3 is 2. The van der Waals surface area contributed by atoms with Crippen LogP contribution in [0.15, 0.2) is 30.9 Å². The Morgan fingerprint density at radius 1 is 1.09 bits per heavy atom. The van der Waals surface area contributed by atoms with Gasteiger partial charge in [-0.05, 0) is 37.5 Å². The van der Waals surface area contributed by atoms with Crippen molar-refractivity contribution in [1.29, 1.82) is 0 Å². The van der Waals surface area contributed by atoms with Crippen LogP contribution in [0.1, 0.15) is 24.8 Å². The second kappa shape index (κ2) is 12.1. The van der Waals surface area contributed by atoms with Crippen molar-refractivity contribution in [1.82, 2.24) is 0 Å². The van der Waals surface area contributed by atoms with Crippen LogP contribution >= 0.6 is 0 Å². The van der Waals surface area contributed by atoms with Gasteiger partial charge in [0.2, 0.25) is 0 Å². The van der Waals surface area contributed by atoms with Gasteiger partial charge in [-0.2, -0.15) is 0 Å². The molecule has 4 nitrogen and oxygen atoms in total. The van der Waals surface area contributed by atoms with Gasteiger partial charge in [-0.3, -0.25) is 0 Å². The van der Waals surface area contributed by atoms with Gasteiger partial charge in [0.25, 0.3) is 0 Å². The minimum absolute atomic E-state index is 0.752. The fraction of sp³-hybridized carbons (Fsp3) is 0.556. The molecule has 4 heteroatoms. The van der Waals surface area contributed by atoms with E-state index in [4.69, 9.17) is 14.2 Å². The molecule has 0 bridgehead atoms. The molecule has 124 valence electrons. The van der Waals surface area contributed by atoms with Gasteiger partial charge in [-0.15, -0.1) is 6.58 Å². The number of ether oxygens (including phenoxy) is 3. The first-order valence-corrected chi connectivity index (χ1v) is 8.03. The van der Waals surface area contributed by atoms with Crippen molar-refractivity contribution in [2.45, 2.75) is 25.7 Å². The average Bonchev–Trinajstić information content (AvgIpc) is 2.54. The number of hydrogen-bond acceptors (Lipinski definition) is 3. The molecule has 0 aromatic heterocycles. The smallest absolute Gasteiger partial charge is 0.123 e. The SMILES string of the molecule is C=CCc1cc(OC)ccc1OCCCC[NH2+]CCCOC. The van der Waals surface area contributed by atoms with Crippen LogP contribution < -0.4 is 14.8 Å². The Labute approximate surface area is 134 Å². The molecule has 1 aromatic rings. The number of allylic oxidation sites excluding steroid dienone is 1. The summed E-state index contributed by atoms with van der Waals surface area (Å²) < 4.78 is 16.2. The van der Waals surface area contributed by atoms with Crippen LogP contribution in [0.3, 0.4) is 0 Å². The lowest BCUT2D eigenvalue weighted by Gasteiger charge is -2.12. The topological polar surface area (TPSA) is 44.3 Å². The number of rotatable bonds is 13. The molecule has 0 saturated carbocycles. The van der Waals surface area contributed by atoms with Crippen molar-refractivity contribution in [3.8, 4) is 11.5 Å². The van der Waals surface area contributed by atoms with E-state index in [2.05, 4.69) is 11.9 Å². The molecule has 0 heterocycles. The Balaban J connectivity index is 2.22. The summed E-state index contributed by atoms with van der Waals surface area (Å²) in [6.07, 6.45) is 6.03. The third-order valence-corrected chi connectivity index (χ3v) is 3.45. The van der Waals surface area contributed by atoms with E-state index in [0.29, 0.717) is 0 Å². The second-order valence-electron chi connectivity index (χ2n) is 5.23. The monoisotopic (exact) mass is 308 g/mol. The summed E-state index contributed by atoms with van der Waals surface area (Å²) in [4.78, 5) is 0. The van der Waals surface area contributed by atoms with Gasteiger partial charge in [0.15, 0.2) is 0 Å². The number of unbranched alkanes of at least 4 members (excludes halogenated alkanes) is 1. The predicted octanol–water partition coefficient (Wildman–Crippen LogP) is 2.18. The van der Waals surface area contributed by atoms with Gasteiger partial charge in [0.1, 0.15) is 11.5 Å². The summed E-state index contributed by atoms with van der Waals surface area (Å²) in [5.41, 5.74) is 1.13. The molecular weight excluding hydrogens is 278 g/mol. The van der Waals surface area contributed by atoms with Crippen LogP contribution in [-0.2, 0) is 11.2 Å². The molecule has 0 radical (unpaired) electrons. The first-order chi connectivity index (χ1) is 10.8. The fourth-order valence-corrected chi connectivity index (χ4v) is 2.23. The van der Waals surface area contributed by atoms with Crippen molar-refractivity contribution < 1.29 is 19.5 Å². The fourth-order valence-electron chi connectivity index (χ4n) is 2.23. The Morgan fingerprint density at radius 3 is 2.64 bits per heavy atom. The van der Waals surface area contributed by atoms with Gasteiger partial charge in [0, 0.05) is 19.1 Å². The molecule has 0 fully saturated rings. The average molecular weight is 308 g/mol. The zero-order chi connectivity index (χ0) is 16.0. The van der Waals surface area contributed by atoms with Gasteiger partial charge in [-0.1, -0.05) is 6.08 Å². The summed E-state index contributed by atoms with van der Waals surface area (Å²) >= 11 is 0. The Hall–Kier alpha value is -1.52. The van der Waals surface area contributed by atoms with E-state index in [9.17, 15) is 0 Å². The Kier molecular flexibility index (Phi) is 10.2. The van der Waals surface area contributed by atoms with Crippen molar-refractivity contribution in [3.05, 3.63) is 36.4 Å². The van der Waals surface area contributed by atoms with Gasteiger partial charge < -0.3 is 19.5 Å². The third kappa shape index (κ3) is 7.48. The molecule has 0 aliphatic heterocycles. The molecule has 0 unspecified atom stereocenters. The molecular formula is C18H30NO3+. The van der Waals surface area contributed by atoms with Crippen LogP contribution in [-0.4, -0.2) is 40.5 Å². The number of quaternary nitrogens is 1. The summed E-state index contributed by atoms with van der Waals surface area (Å²) in [6.45, 7) is 7.68. The first-order valence-electron chi connectivity index (χ1n) is 8.03. The van der Waals surface area contributed by atoms with Crippen molar-refractivity contribution in [2.75, 3.05) is 40.5 Å². The first kappa shape index (κ1) is 18.5. The molecule has 22 heavy (non-hydrogen) atoms. The predicted molar refractivity (Wildman–Crippen MR) is 89.8 cm³/mol. The lowest BCUT2D eigenvalue weighted by molar-refractivity contribution is -0.655. The molecule has 0 aliphatic carbocycles. The van der Waals surface area contributed by atoms with Crippen LogP contribution in [0.5, 0.6) is 11.5 Å². The molecule has 0 amide bonds. The molecule has 0 spiro atoms. The zero-order valence-corrected chi connectivity index (χ0v) is 14.0. The maximum Gasteiger partial charge on any atom is 0.123 e. The minimum atomic E-state index is 0.752. The van der Waals surface area contributed by atoms with E-state index in [1.54, 1.807) is 14.2 Å². The number of benzene rings is 1. The third-order valence-electron chi connectivity index (χ3n) is 3.45. The normalized spacial score (nSPS) is 10.5. The van der Waals surface area contributed by atoms with Crippen molar-refractivity contribution in [3.63, 3.8) is 0 Å². The van der Waals surface area contributed by atoms with E-state index in [1.165, 1.54) is 6.42 Å². The van der Waals surface area contributed by atoms with Crippen LogP contribution in [0.2, 0.25) is 0 Å². The maximum atomic E-state index is 5.90. The van der Waals surface area contributed by atoms with Crippen LogP contribution in [0, 0.1) is 0 Å². The van der Waals surface area contributed by atoms with E-state index in [1.807, 2.05) is 24.3 Å². The second-order valence-corrected chi connectivity index (χ2v) is 5.23. The summed E-state index contributed by atoms with van der Waals surface area (Å²) in [5.74, 6) is 1.79. The zero-order valence-electron chi connectivity index (χ0n) is 14.0. The molecule has 1 aromatic carbocycles. The lowest BCUT2D eigenvalue weighted by atomic mass is 10.1. The van der Waals surface area contributed by atoms with E-state index in [-0.39, 0.29) is 0 Å².